The zero-order valence-electron chi connectivity index (χ0n) is 18.0. The summed E-state index contributed by atoms with van der Waals surface area (Å²) in [5, 5.41) is 0. The van der Waals surface area contributed by atoms with E-state index in [1.54, 1.807) is 0 Å². The summed E-state index contributed by atoms with van der Waals surface area (Å²) in [5.74, 6) is 0.496. The smallest absolute Gasteiger partial charge is 0.347 e. The largest absolute Gasteiger partial charge is 0.478 e. The fourth-order valence-electron chi connectivity index (χ4n) is 2.86. The Morgan fingerprint density at radius 3 is 2.59 bits per heavy atom. The van der Waals surface area contributed by atoms with Crippen molar-refractivity contribution >= 4 is 5.97 Å². The van der Waals surface area contributed by atoms with Crippen molar-refractivity contribution in [2.45, 2.75) is 66.9 Å². The van der Waals surface area contributed by atoms with Crippen LogP contribution in [-0.4, -0.2) is 36.7 Å². The molecule has 0 bridgehead atoms. The monoisotopic (exact) mass is 375 g/mol. The maximum atomic E-state index is 12.3. The van der Waals surface area contributed by atoms with Gasteiger partial charge >= 0.3 is 5.97 Å². The first-order chi connectivity index (χ1) is 12.8. The predicted octanol–water partition coefficient (Wildman–Crippen LogP) is 5.39. The SMILES string of the molecule is C=C(CC)CCN1C/C(=C(\C=C/CC)OC(C(=O)OCC)C(C)C)C=C1C. The maximum Gasteiger partial charge on any atom is 0.347 e. The second-order valence-electron chi connectivity index (χ2n) is 7.30. The normalized spacial score (nSPS) is 17.3. The highest BCUT2D eigenvalue weighted by molar-refractivity contribution is 5.75. The molecule has 1 atom stereocenters. The van der Waals surface area contributed by atoms with Gasteiger partial charge in [0.1, 0.15) is 5.76 Å². The highest BCUT2D eigenvalue weighted by atomic mass is 16.6. The molecule has 0 aromatic rings. The van der Waals surface area contributed by atoms with Crippen molar-refractivity contribution in [3.8, 4) is 0 Å². The van der Waals surface area contributed by atoms with Crippen LogP contribution in [0.25, 0.3) is 0 Å². The first-order valence-corrected chi connectivity index (χ1v) is 10.2. The molecule has 1 unspecified atom stereocenters. The van der Waals surface area contributed by atoms with E-state index in [1.165, 1.54) is 11.3 Å². The van der Waals surface area contributed by atoms with Crippen LogP contribution in [0.1, 0.15) is 60.8 Å². The highest BCUT2D eigenvalue weighted by Crippen LogP contribution is 2.26. The van der Waals surface area contributed by atoms with E-state index in [0.29, 0.717) is 6.61 Å². The fourth-order valence-corrected chi connectivity index (χ4v) is 2.86. The molecule has 1 aliphatic rings. The number of hydrogen-bond acceptors (Lipinski definition) is 4. The van der Waals surface area contributed by atoms with Gasteiger partial charge in [-0.3, -0.25) is 0 Å². The Balaban J connectivity index is 3.02. The second-order valence-corrected chi connectivity index (χ2v) is 7.30. The maximum absolute atomic E-state index is 12.3. The summed E-state index contributed by atoms with van der Waals surface area (Å²) in [4.78, 5) is 14.7. The molecule has 0 aliphatic carbocycles. The van der Waals surface area contributed by atoms with Gasteiger partial charge in [-0.05, 0) is 45.3 Å². The third kappa shape index (κ3) is 7.28. The summed E-state index contributed by atoms with van der Waals surface area (Å²) >= 11 is 0. The molecule has 1 aliphatic heterocycles. The van der Waals surface area contributed by atoms with E-state index in [0.717, 1.165) is 43.7 Å². The minimum Gasteiger partial charge on any atom is -0.478 e. The molecule has 0 fully saturated rings. The minimum absolute atomic E-state index is 0.0325. The molecule has 4 nitrogen and oxygen atoms in total. The van der Waals surface area contributed by atoms with Crippen molar-refractivity contribution in [1.29, 1.82) is 0 Å². The number of allylic oxidation sites excluding steroid dienone is 3. The average Bonchev–Trinajstić information content (AvgIpc) is 3.00. The van der Waals surface area contributed by atoms with Crippen LogP contribution in [0, 0.1) is 5.92 Å². The lowest BCUT2D eigenvalue weighted by Crippen LogP contribution is -2.31. The van der Waals surface area contributed by atoms with Crippen molar-refractivity contribution in [2.24, 2.45) is 5.92 Å². The van der Waals surface area contributed by atoms with Gasteiger partial charge in [0.05, 0.1) is 6.61 Å². The van der Waals surface area contributed by atoms with Crippen LogP contribution in [0.15, 0.2) is 47.4 Å². The molecule has 0 aromatic heterocycles. The predicted molar refractivity (Wildman–Crippen MR) is 112 cm³/mol. The van der Waals surface area contributed by atoms with E-state index in [4.69, 9.17) is 9.47 Å². The van der Waals surface area contributed by atoms with Gasteiger partial charge in [0.2, 0.25) is 0 Å². The van der Waals surface area contributed by atoms with Crippen LogP contribution in [0.4, 0.5) is 0 Å². The Morgan fingerprint density at radius 2 is 2.04 bits per heavy atom. The zero-order chi connectivity index (χ0) is 20.4. The van der Waals surface area contributed by atoms with Gasteiger partial charge in [-0.15, -0.1) is 0 Å². The number of carbonyl (C=O) groups is 1. The van der Waals surface area contributed by atoms with Gasteiger partial charge < -0.3 is 14.4 Å². The highest BCUT2D eigenvalue weighted by Gasteiger charge is 2.28. The molecule has 0 spiro atoms. The van der Waals surface area contributed by atoms with Gasteiger partial charge in [0, 0.05) is 30.3 Å². The first kappa shape index (κ1) is 23.1. The van der Waals surface area contributed by atoms with Crippen molar-refractivity contribution < 1.29 is 14.3 Å². The van der Waals surface area contributed by atoms with Crippen molar-refractivity contribution in [3.63, 3.8) is 0 Å². The molecule has 0 N–H and O–H groups in total. The van der Waals surface area contributed by atoms with Crippen molar-refractivity contribution in [3.05, 3.63) is 47.4 Å². The zero-order valence-corrected chi connectivity index (χ0v) is 18.0. The van der Waals surface area contributed by atoms with E-state index >= 15 is 0 Å². The summed E-state index contributed by atoms with van der Waals surface area (Å²) in [7, 11) is 0. The van der Waals surface area contributed by atoms with E-state index in [1.807, 2.05) is 26.8 Å². The third-order valence-corrected chi connectivity index (χ3v) is 4.68. The fraction of sp³-hybridized carbons (Fsp3) is 0.609. The van der Waals surface area contributed by atoms with Gasteiger partial charge in [-0.2, -0.15) is 0 Å². The van der Waals surface area contributed by atoms with E-state index in [2.05, 4.69) is 44.4 Å². The molecule has 0 amide bonds. The Kier molecular flexibility index (Phi) is 9.98. The molecule has 1 rings (SSSR count). The lowest BCUT2D eigenvalue weighted by molar-refractivity contribution is -0.156. The minimum atomic E-state index is -0.600. The van der Waals surface area contributed by atoms with Gasteiger partial charge in [0.25, 0.3) is 0 Å². The molecule has 0 aromatic carbocycles. The quantitative estimate of drug-likeness (QED) is 0.276. The number of nitrogens with zero attached hydrogens (tertiary/aromatic N) is 1. The first-order valence-electron chi connectivity index (χ1n) is 10.2. The lowest BCUT2D eigenvalue weighted by Gasteiger charge is -2.23. The Hall–Kier alpha value is -1.97. The standard InChI is InChI=1S/C23H37NO3/c1-8-11-12-21(27-22(17(4)5)23(25)26-10-3)20-15-19(7)24(16-20)14-13-18(6)9-2/h11-12,15,17,22H,6,8-10,13-14,16H2,1-5,7H3/b12-11-,21-20+. The summed E-state index contributed by atoms with van der Waals surface area (Å²) < 4.78 is 11.4. The summed E-state index contributed by atoms with van der Waals surface area (Å²) in [6, 6.07) is 0. The molecule has 27 heavy (non-hydrogen) atoms. The topological polar surface area (TPSA) is 38.8 Å². The molecular formula is C23H37NO3. The molecule has 0 radical (unpaired) electrons. The lowest BCUT2D eigenvalue weighted by atomic mass is 10.1. The van der Waals surface area contributed by atoms with Crippen LogP contribution in [0.3, 0.4) is 0 Å². The second kappa shape index (κ2) is 11.7. The molecule has 0 saturated heterocycles. The van der Waals surface area contributed by atoms with Crippen LogP contribution in [0.2, 0.25) is 0 Å². The molecule has 1 heterocycles. The van der Waals surface area contributed by atoms with E-state index < -0.39 is 6.10 Å². The molecular weight excluding hydrogens is 338 g/mol. The number of ether oxygens (including phenoxy) is 2. The van der Waals surface area contributed by atoms with Crippen LogP contribution < -0.4 is 0 Å². The average molecular weight is 376 g/mol. The summed E-state index contributed by atoms with van der Waals surface area (Å²) in [6.07, 6.45) is 8.53. The van der Waals surface area contributed by atoms with Gasteiger partial charge in [-0.1, -0.05) is 45.9 Å². The van der Waals surface area contributed by atoms with Crippen molar-refractivity contribution in [2.75, 3.05) is 19.7 Å². The van der Waals surface area contributed by atoms with Crippen LogP contribution >= 0.6 is 0 Å². The Morgan fingerprint density at radius 1 is 1.33 bits per heavy atom. The van der Waals surface area contributed by atoms with Gasteiger partial charge in [-0.25, -0.2) is 4.79 Å². The molecule has 152 valence electrons. The van der Waals surface area contributed by atoms with E-state index in [9.17, 15) is 4.79 Å². The summed E-state index contributed by atoms with van der Waals surface area (Å²) in [6.45, 7) is 18.3. The van der Waals surface area contributed by atoms with Crippen LogP contribution in [-0.2, 0) is 14.3 Å². The van der Waals surface area contributed by atoms with Crippen molar-refractivity contribution in [1.82, 2.24) is 4.90 Å². The number of carbonyl (C=O) groups excluding carboxylic acids is 1. The molecule has 4 heteroatoms. The summed E-state index contributed by atoms with van der Waals surface area (Å²) in [5.41, 5.74) is 3.59. The van der Waals surface area contributed by atoms with Crippen LogP contribution in [0.5, 0.6) is 0 Å². The van der Waals surface area contributed by atoms with E-state index in [-0.39, 0.29) is 11.9 Å². The van der Waals surface area contributed by atoms with Gasteiger partial charge in [0.15, 0.2) is 6.10 Å². The third-order valence-electron chi connectivity index (χ3n) is 4.68. The Bertz CT molecular complexity index is 599. The number of hydrogen-bond donors (Lipinski definition) is 0. The number of rotatable bonds is 11. The number of esters is 1. The molecule has 0 saturated carbocycles. The Labute approximate surface area is 165 Å².